The first-order valence-electron chi connectivity index (χ1n) is 10.8. The Hall–Kier alpha value is -3.61. The fraction of sp³-hybridized carbons (Fsp3) is 0.280. The van der Waals surface area contributed by atoms with E-state index < -0.39 is 0 Å². The Kier molecular flexibility index (Phi) is 5.39. The molecule has 0 aliphatic heterocycles. The lowest BCUT2D eigenvalue weighted by molar-refractivity contribution is -0.123. The third kappa shape index (κ3) is 3.98. The highest BCUT2D eigenvalue weighted by molar-refractivity contribution is 5.84. The van der Waals surface area contributed by atoms with Crippen molar-refractivity contribution in [3.05, 3.63) is 75.5 Å². The van der Waals surface area contributed by atoms with E-state index in [1.54, 1.807) is 18.2 Å². The highest BCUT2D eigenvalue weighted by Gasteiger charge is 2.18. The number of H-pyrrole nitrogens is 1. The summed E-state index contributed by atoms with van der Waals surface area (Å²) in [5.74, 6) is -0.0795. The van der Waals surface area contributed by atoms with Crippen LogP contribution in [0.2, 0.25) is 0 Å². The van der Waals surface area contributed by atoms with Gasteiger partial charge in [0.05, 0.1) is 0 Å². The molecule has 1 amide bonds. The Labute approximate surface area is 183 Å². The molecule has 164 valence electrons. The number of hydrogen-bond acceptors (Lipinski definition) is 4. The van der Waals surface area contributed by atoms with Gasteiger partial charge in [0.2, 0.25) is 0 Å². The van der Waals surface area contributed by atoms with Crippen molar-refractivity contribution in [1.82, 2.24) is 10.3 Å². The Balaban J connectivity index is 1.19. The van der Waals surface area contributed by atoms with Crippen LogP contribution in [0.3, 0.4) is 0 Å². The van der Waals surface area contributed by atoms with E-state index in [9.17, 15) is 14.0 Å². The number of ether oxygens (including phenoxy) is 1. The predicted octanol–water partition coefficient (Wildman–Crippen LogP) is 4.03. The van der Waals surface area contributed by atoms with E-state index in [0.717, 1.165) is 58.7 Å². The number of aromatic amines is 1. The molecule has 0 fully saturated rings. The normalized spacial score (nSPS) is 13.3. The fourth-order valence-electron chi connectivity index (χ4n) is 4.41. The summed E-state index contributed by atoms with van der Waals surface area (Å²) in [5.41, 5.74) is 3.87. The highest BCUT2D eigenvalue weighted by Crippen LogP contribution is 2.29. The average Bonchev–Trinajstić information content (AvgIpc) is 3.20. The van der Waals surface area contributed by atoms with E-state index in [0.29, 0.717) is 24.3 Å². The Bertz CT molecular complexity index is 1370. The molecule has 6 nitrogen and oxygen atoms in total. The van der Waals surface area contributed by atoms with E-state index in [-0.39, 0.29) is 24.0 Å². The fourth-order valence-corrected chi connectivity index (χ4v) is 4.41. The van der Waals surface area contributed by atoms with Crippen LogP contribution in [0, 0.1) is 5.82 Å². The zero-order chi connectivity index (χ0) is 22.1. The molecule has 1 aliphatic carbocycles. The molecule has 0 bridgehead atoms. The third-order valence-electron chi connectivity index (χ3n) is 6.01. The van der Waals surface area contributed by atoms with Crippen LogP contribution in [0.25, 0.3) is 21.9 Å². The summed E-state index contributed by atoms with van der Waals surface area (Å²) in [6, 6.07) is 9.95. The Morgan fingerprint density at radius 3 is 2.81 bits per heavy atom. The van der Waals surface area contributed by atoms with Gasteiger partial charge in [-0.2, -0.15) is 0 Å². The van der Waals surface area contributed by atoms with Crippen molar-refractivity contribution < 1.29 is 18.3 Å². The largest absolute Gasteiger partial charge is 0.484 e. The van der Waals surface area contributed by atoms with Gasteiger partial charge >= 0.3 is 5.63 Å². The monoisotopic (exact) mass is 434 g/mol. The molecule has 2 N–H and O–H groups in total. The van der Waals surface area contributed by atoms with Gasteiger partial charge in [-0.05, 0) is 73.6 Å². The van der Waals surface area contributed by atoms with Crippen molar-refractivity contribution in [2.75, 3.05) is 13.2 Å². The molecular weight excluding hydrogens is 411 g/mol. The molecule has 1 aliphatic rings. The van der Waals surface area contributed by atoms with Crippen molar-refractivity contribution in [1.29, 1.82) is 0 Å². The molecule has 2 aromatic heterocycles. The van der Waals surface area contributed by atoms with Crippen LogP contribution in [0.15, 0.2) is 51.8 Å². The lowest BCUT2D eigenvalue weighted by atomic mass is 9.91. The van der Waals surface area contributed by atoms with E-state index in [4.69, 9.17) is 9.15 Å². The molecular formula is C25H23FN2O4. The summed E-state index contributed by atoms with van der Waals surface area (Å²) < 4.78 is 24.6. The molecule has 0 spiro atoms. The van der Waals surface area contributed by atoms with Gasteiger partial charge in [0.1, 0.15) is 17.1 Å². The maximum Gasteiger partial charge on any atom is 0.339 e. The molecule has 0 radical (unpaired) electrons. The minimum atomic E-state index is -0.289. The highest BCUT2D eigenvalue weighted by atomic mass is 19.1. The number of hydrogen-bond donors (Lipinski definition) is 2. The summed E-state index contributed by atoms with van der Waals surface area (Å²) in [6.07, 6.45) is 6.12. The first-order valence-corrected chi connectivity index (χ1v) is 10.8. The van der Waals surface area contributed by atoms with E-state index >= 15 is 0 Å². The summed E-state index contributed by atoms with van der Waals surface area (Å²) in [4.78, 5) is 27.6. The topological polar surface area (TPSA) is 84.3 Å². The number of aryl methyl sites for hydroxylation is 1. The number of aromatic nitrogens is 1. The van der Waals surface area contributed by atoms with Crippen molar-refractivity contribution in [2.24, 2.45) is 0 Å². The van der Waals surface area contributed by atoms with E-state index in [1.807, 2.05) is 12.3 Å². The first kappa shape index (κ1) is 20.3. The second-order valence-electron chi connectivity index (χ2n) is 8.10. The Morgan fingerprint density at radius 2 is 1.94 bits per heavy atom. The van der Waals surface area contributed by atoms with Gasteiger partial charge in [0.25, 0.3) is 5.91 Å². The van der Waals surface area contributed by atoms with Crippen LogP contribution in [0.5, 0.6) is 5.75 Å². The number of carbonyl (C=O) groups is 1. The van der Waals surface area contributed by atoms with Gasteiger partial charge in [-0.15, -0.1) is 0 Å². The van der Waals surface area contributed by atoms with Crippen LogP contribution in [0.4, 0.5) is 4.39 Å². The number of halogens is 1. The van der Waals surface area contributed by atoms with Gasteiger partial charge < -0.3 is 19.5 Å². The predicted molar refractivity (Wildman–Crippen MR) is 120 cm³/mol. The van der Waals surface area contributed by atoms with Crippen molar-refractivity contribution in [3.63, 3.8) is 0 Å². The van der Waals surface area contributed by atoms with Crippen LogP contribution < -0.4 is 15.7 Å². The molecule has 5 rings (SSSR count). The standard InChI is InChI=1S/C25H23FN2O4/c26-16-5-8-22-21(11-16)15(13-28-22)9-10-27-24(29)14-31-17-6-7-19-18-3-1-2-4-20(18)25(30)32-23(19)12-17/h5-8,11-13,28H,1-4,9-10,14H2,(H,27,29). The summed E-state index contributed by atoms with van der Waals surface area (Å²) >= 11 is 0. The van der Waals surface area contributed by atoms with Crippen molar-refractivity contribution >= 4 is 27.8 Å². The minimum absolute atomic E-state index is 0.150. The molecule has 2 heterocycles. The van der Waals surface area contributed by atoms with Crippen LogP contribution in [-0.4, -0.2) is 24.0 Å². The zero-order valence-corrected chi connectivity index (χ0v) is 17.5. The lowest BCUT2D eigenvalue weighted by Crippen LogP contribution is -2.30. The minimum Gasteiger partial charge on any atom is -0.484 e. The lowest BCUT2D eigenvalue weighted by Gasteiger charge is -2.16. The number of amides is 1. The first-order chi connectivity index (χ1) is 15.6. The molecule has 7 heteroatoms. The molecule has 0 saturated carbocycles. The molecule has 0 unspecified atom stereocenters. The average molecular weight is 434 g/mol. The van der Waals surface area contributed by atoms with Gasteiger partial charge in [0.15, 0.2) is 6.61 Å². The third-order valence-corrected chi connectivity index (χ3v) is 6.01. The quantitative estimate of drug-likeness (QED) is 0.449. The van der Waals surface area contributed by atoms with Gasteiger partial charge in [0, 0.05) is 40.7 Å². The number of benzene rings is 2. The summed E-state index contributed by atoms with van der Waals surface area (Å²) in [7, 11) is 0. The molecule has 0 saturated heterocycles. The van der Waals surface area contributed by atoms with Gasteiger partial charge in [-0.1, -0.05) is 0 Å². The van der Waals surface area contributed by atoms with Crippen LogP contribution >= 0.6 is 0 Å². The maximum absolute atomic E-state index is 13.5. The Morgan fingerprint density at radius 1 is 1.09 bits per heavy atom. The molecule has 32 heavy (non-hydrogen) atoms. The number of nitrogens with one attached hydrogen (secondary N) is 2. The van der Waals surface area contributed by atoms with Crippen LogP contribution in [0.1, 0.15) is 29.5 Å². The SMILES string of the molecule is O=C(COc1ccc2c3c(c(=O)oc2c1)CCCC3)NCCc1c[nH]c2ccc(F)cc12. The van der Waals surface area contributed by atoms with E-state index in [1.165, 1.54) is 12.1 Å². The van der Waals surface area contributed by atoms with Gasteiger partial charge in [-0.3, -0.25) is 4.79 Å². The summed E-state index contributed by atoms with van der Waals surface area (Å²) in [5, 5.41) is 4.56. The van der Waals surface area contributed by atoms with Gasteiger partial charge in [-0.25, -0.2) is 9.18 Å². The molecule has 2 aromatic carbocycles. The second kappa shape index (κ2) is 8.49. The number of rotatable bonds is 6. The van der Waals surface area contributed by atoms with Crippen molar-refractivity contribution in [3.8, 4) is 5.75 Å². The zero-order valence-electron chi connectivity index (χ0n) is 17.5. The van der Waals surface area contributed by atoms with Crippen LogP contribution in [-0.2, 0) is 24.1 Å². The molecule has 0 atom stereocenters. The maximum atomic E-state index is 13.5. The number of carbonyl (C=O) groups excluding carboxylic acids is 1. The summed E-state index contributed by atoms with van der Waals surface area (Å²) in [6.45, 7) is 0.258. The van der Waals surface area contributed by atoms with Crippen molar-refractivity contribution in [2.45, 2.75) is 32.1 Å². The number of fused-ring (bicyclic) bond motifs is 4. The second-order valence-corrected chi connectivity index (χ2v) is 8.10. The molecule has 4 aromatic rings. The smallest absolute Gasteiger partial charge is 0.339 e. The van der Waals surface area contributed by atoms with E-state index in [2.05, 4.69) is 10.3 Å².